The van der Waals surface area contributed by atoms with Crippen LogP contribution in [0.5, 0.6) is 5.75 Å². The first-order valence-corrected chi connectivity index (χ1v) is 6.42. The average Bonchev–Trinajstić information content (AvgIpc) is 2.93. The van der Waals surface area contributed by atoms with Crippen LogP contribution in [0.2, 0.25) is 0 Å². The van der Waals surface area contributed by atoms with E-state index in [0.717, 1.165) is 12.2 Å². The Balaban J connectivity index is 1.89. The van der Waals surface area contributed by atoms with E-state index in [2.05, 4.69) is 15.7 Å². The second kappa shape index (κ2) is 6.60. The van der Waals surface area contributed by atoms with Crippen molar-refractivity contribution in [1.29, 1.82) is 0 Å². The van der Waals surface area contributed by atoms with Crippen molar-refractivity contribution in [2.24, 2.45) is 0 Å². The Hall–Kier alpha value is -2.50. The fraction of sp³-hybridized carbons (Fsp3) is 0.286. The van der Waals surface area contributed by atoms with E-state index in [9.17, 15) is 4.79 Å². The third-order valence-corrected chi connectivity index (χ3v) is 2.86. The van der Waals surface area contributed by atoms with Crippen LogP contribution in [0.25, 0.3) is 0 Å². The van der Waals surface area contributed by atoms with Gasteiger partial charge in [-0.15, -0.1) is 0 Å². The zero-order valence-corrected chi connectivity index (χ0v) is 11.6. The second-order valence-electron chi connectivity index (χ2n) is 4.18. The Morgan fingerprint density at radius 3 is 3.00 bits per heavy atom. The molecule has 1 aromatic heterocycles. The summed E-state index contributed by atoms with van der Waals surface area (Å²) >= 11 is 0. The summed E-state index contributed by atoms with van der Waals surface area (Å²) < 4.78 is 6.94. The Bertz CT molecular complexity index is 580. The van der Waals surface area contributed by atoms with Gasteiger partial charge in [0.1, 0.15) is 5.75 Å². The largest absolute Gasteiger partial charge is 0.497 e. The summed E-state index contributed by atoms with van der Waals surface area (Å²) in [6.07, 6.45) is 1.72. The molecule has 0 aliphatic heterocycles. The number of aromatic nitrogens is 2. The number of urea groups is 1. The molecule has 0 saturated carbocycles. The summed E-state index contributed by atoms with van der Waals surface area (Å²) in [5.41, 5.74) is 1.65. The van der Waals surface area contributed by atoms with Crippen molar-refractivity contribution >= 4 is 11.7 Å². The van der Waals surface area contributed by atoms with Crippen LogP contribution in [0.4, 0.5) is 10.5 Å². The maximum atomic E-state index is 11.8. The fourth-order valence-electron chi connectivity index (χ4n) is 1.84. The standard InChI is InChI=1S/C14H18N4O2/c1-3-18-12(7-8-16-18)10-15-14(19)17-11-5-4-6-13(9-11)20-2/h4-9H,3,10H2,1-2H3,(H2,15,17,19). The van der Waals surface area contributed by atoms with Gasteiger partial charge in [0.25, 0.3) is 0 Å². The number of methoxy groups -OCH3 is 1. The third kappa shape index (κ3) is 3.50. The molecular formula is C14H18N4O2. The molecule has 0 bridgehead atoms. The van der Waals surface area contributed by atoms with Crippen LogP contribution in [0.15, 0.2) is 36.5 Å². The maximum absolute atomic E-state index is 11.8. The lowest BCUT2D eigenvalue weighted by Gasteiger charge is -2.09. The van der Waals surface area contributed by atoms with E-state index in [-0.39, 0.29) is 6.03 Å². The summed E-state index contributed by atoms with van der Waals surface area (Å²) in [5.74, 6) is 0.701. The lowest BCUT2D eigenvalue weighted by atomic mass is 10.3. The molecule has 20 heavy (non-hydrogen) atoms. The average molecular weight is 274 g/mol. The highest BCUT2D eigenvalue weighted by Gasteiger charge is 2.05. The van der Waals surface area contributed by atoms with Gasteiger partial charge >= 0.3 is 6.03 Å². The van der Waals surface area contributed by atoms with E-state index in [1.807, 2.05) is 29.8 Å². The SMILES string of the molecule is CCn1nccc1CNC(=O)Nc1cccc(OC)c1. The zero-order chi connectivity index (χ0) is 14.4. The number of hydrogen-bond donors (Lipinski definition) is 2. The highest BCUT2D eigenvalue weighted by Crippen LogP contribution is 2.16. The van der Waals surface area contributed by atoms with E-state index in [1.54, 1.807) is 25.4 Å². The molecule has 6 heteroatoms. The van der Waals surface area contributed by atoms with E-state index < -0.39 is 0 Å². The van der Waals surface area contributed by atoms with Crippen molar-refractivity contribution in [2.75, 3.05) is 12.4 Å². The minimum Gasteiger partial charge on any atom is -0.497 e. The van der Waals surface area contributed by atoms with Gasteiger partial charge in [-0.05, 0) is 25.1 Å². The van der Waals surface area contributed by atoms with Crippen LogP contribution in [0.3, 0.4) is 0 Å². The molecule has 2 aromatic rings. The number of amides is 2. The van der Waals surface area contributed by atoms with Crippen molar-refractivity contribution < 1.29 is 9.53 Å². The predicted octanol–water partition coefficient (Wildman–Crippen LogP) is 2.23. The Kier molecular flexibility index (Phi) is 4.60. The van der Waals surface area contributed by atoms with E-state index in [4.69, 9.17) is 4.74 Å². The normalized spacial score (nSPS) is 10.1. The van der Waals surface area contributed by atoms with Gasteiger partial charge in [0.15, 0.2) is 0 Å². The molecule has 0 radical (unpaired) electrons. The lowest BCUT2D eigenvalue weighted by molar-refractivity contribution is 0.251. The summed E-state index contributed by atoms with van der Waals surface area (Å²) in [4.78, 5) is 11.8. The molecule has 106 valence electrons. The highest BCUT2D eigenvalue weighted by molar-refractivity contribution is 5.89. The zero-order valence-electron chi connectivity index (χ0n) is 11.6. The van der Waals surface area contributed by atoms with Crippen LogP contribution in [-0.4, -0.2) is 22.9 Å². The number of nitrogens with one attached hydrogen (secondary N) is 2. The van der Waals surface area contributed by atoms with Gasteiger partial charge in [0, 0.05) is 24.5 Å². The molecular weight excluding hydrogens is 256 g/mol. The Labute approximate surface area is 117 Å². The van der Waals surface area contributed by atoms with E-state index in [0.29, 0.717) is 18.0 Å². The van der Waals surface area contributed by atoms with Crippen LogP contribution >= 0.6 is 0 Å². The smallest absolute Gasteiger partial charge is 0.319 e. The first-order chi connectivity index (χ1) is 9.72. The molecule has 1 heterocycles. The monoisotopic (exact) mass is 274 g/mol. The summed E-state index contributed by atoms with van der Waals surface area (Å²) in [7, 11) is 1.59. The predicted molar refractivity (Wildman–Crippen MR) is 76.8 cm³/mol. The van der Waals surface area contributed by atoms with Crippen molar-refractivity contribution in [1.82, 2.24) is 15.1 Å². The fourth-order valence-corrected chi connectivity index (χ4v) is 1.84. The molecule has 2 N–H and O–H groups in total. The van der Waals surface area contributed by atoms with Gasteiger partial charge in [-0.2, -0.15) is 5.10 Å². The van der Waals surface area contributed by atoms with Gasteiger partial charge < -0.3 is 15.4 Å². The number of benzene rings is 1. The highest BCUT2D eigenvalue weighted by atomic mass is 16.5. The number of hydrogen-bond acceptors (Lipinski definition) is 3. The summed E-state index contributed by atoms with van der Waals surface area (Å²) in [6.45, 7) is 3.22. The molecule has 0 aliphatic rings. The van der Waals surface area contributed by atoms with Gasteiger partial charge in [-0.25, -0.2) is 4.79 Å². The van der Waals surface area contributed by atoms with Crippen LogP contribution < -0.4 is 15.4 Å². The van der Waals surface area contributed by atoms with Gasteiger partial charge in [-0.3, -0.25) is 4.68 Å². The molecule has 2 amide bonds. The molecule has 0 atom stereocenters. The number of anilines is 1. The van der Waals surface area contributed by atoms with Gasteiger partial charge in [0.2, 0.25) is 0 Å². The number of nitrogens with zero attached hydrogens (tertiary/aromatic N) is 2. The van der Waals surface area contributed by atoms with Crippen LogP contribution in [0, 0.1) is 0 Å². The minimum atomic E-state index is -0.262. The first-order valence-electron chi connectivity index (χ1n) is 6.42. The van der Waals surface area contributed by atoms with Crippen molar-refractivity contribution in [2.45, 2.75) is 20.0 Å². The van der Waals surface area contributed by atoms with E-state index >= 15 is 0 Å². The Morgan fingerprint density at radius 2 is 2.25 bits per heavy atom. The summed E-state index contributed by atoms with van der Waals surface area (Å²) in [5, 5.41) is 9.70. The number of ether oxygens (including phenoxy) is 1. The molecule has 0 fully saturated rings. The molecule has 0 saturated heterocycles. The van der Waals surface area contributed by atoms with Gasteiger partial charge in [0.05, 0.1) is 19.3 Å². The Morgan fingerprint density at radius 1 is 1.40 bits per heavy atom. The molecule has 6 nitrogen and oxygen atoms in total. The lowest BCUT2D eigenvalue weighted by Crippen LogP contribution is -2.29. The molecule has 0 unspecified atom stereocenters. The van der Waals surface area contributed by atoms with Crippen LogP contribution in [0.1, 0.15) is 12.6 Å². The second-order valence-corrected chi connectivity index (χ2v) is 4.18. The first kappa shape index (κ1) is 13.9. The van der Waals surface area contributed by atoms with Crippen molar-refractivity contribution in [3.8, 4) is 5.75 Å². The number of aryl methyl sites for hydroxylation is 1. The molecule has 0 spiro atoms. The molecule has 1 aromatic carbocycles. The third-order valence-electron chi connectivity index (χ3n) is 2.86. The van der Waals surface area contributed by atoms with Gasteiger partial charge in [-0.1, -0.05) is 6.07 Å². The van der Waals surface area contributed by atoms with Crippen molar-refractivity contribution in [3.63, 3.8) is 0 Å². The van der Waals surface area contributed by atoms with Crippen molar-refractivity contribution in [3.05, 3.63) is 42.2 Å². The van der Waals surface area contributed by atoms with E-state index in [1.165, 1.54) is 0 Å². The molecule has 0 aliphatic carbocycles. The number of carbonyl (C=O) groups excluding carboxylic acids is 1. The topological polar surface area (TPSA) is 68.2 Å². The summed E-state index contributed by atoms with van der Waals surface area (Å²) in [6, 6.07) is 8.83. The molecule has 2 rings (SSSR count). The quantitative estimate of drug-likeness (QED) is 0.878. The minimum absolute atomic E-state index is 0.262. The number of carbonyl (C=O) groups is 1. The van der Waals surface area contributed by atoms with Crippen LogP contribution in [-0.2, 0) is 13.1 Å². The number of rotatable bonds is 5. The maximum Gasteiger partial charge on any atom is 0.319 e.